The van der Waals surface area contributed by atoms with E-state index in [9.17, 15) is 0 Å². The molecule has 0 atom stereocenters. The average molecular weight is 283 g/mol. The van der Waals surface area contributed by atoms with Crippen LogP contribution in [0.15, 0.2) is 33.6 Å². The van der Waals surface area contributed by atoms with Crippen LogP contribution in [-0.4, -0.2) is 11.5 Å². The summed E-state index contributed by atoms with van der Waals surface area (Å²) in [4.78, 5) is 4.36. The Morgan fingerprint density at radius 2 is 2.33 bits per heavy atom. The van der Waals surface area contributed by atoms with Crippen molar-refractivity contribution < 1.29 is 0 Å². The van der Waals surface area contributed by atoms with Gasteiger partial charge < -0.3 is 5.32 Å². The Bertz CT molecular complexity index is 453. The zero-order valence-corrected chi connectivity index (χ0v) is 10.7. The van der Waals surface area contributed by atoms with E-state index in [2.05, 4.69) is 50.0 Å². The molecule has 2 rings (SSSR count). The minimum absolute atomic E-state index is 0.925. The Morgan fingerprint density at radius 1 is 1.47 bits per heavy atom. The summed E-state index contributed by atoms with van der Waals surface area (Å²) in [6.07, 6.45) is 1.83. The van der Waals surface area contributed by atoms with Gasteiger partial charge in [0.1, 0.15) is 0 Å². The second-order valence-electron chi connectivity index (χ2n) is 3.09. The van der Waals surface area contributed by atoms with Crippen LogP contribution in [0.3, 0.4) is 0 Å². The first-order chi connectivity index (χ1) is 7.31. The summed E-state index contributed by atoms with van der Waals surface area (Å²) in [6.45, 7) is 3.01. The Kier molecular flexibility index (Phi) is 3.38. The number of pyridine rings is 1. The van der Waals surface area contributed by atoms with Crippen molar-refractivity contribution in [3.05, 3.63) is 33.6 Å². The minimum atomic E-state index is 0.925. The molecule has 0 bridgehead atoms. The summed E-state index contributed by atoms with van der Waals surface area (Å²) in [5.41, 5.74) is 3.27. The van der Waals surface area contributed by atoms with Gasteiger partial charge in [0.2, 0.25) is 0 Å². The monoisotopic (exact) mass is 282 g/mol. The van der Waals surface area contributed by atoms with E-state index in [0.717, 1.165) is 28.0 Å². The number of anilines is 1. The molecule has 0 saturated heterocycles. The van der Waals surface area contributed by atoms with Gasteiger partial charge in [-0.15, -0.1) is 0 Å². The maximum absolute atomic E-state index is 4.36. The van der Waals surface area contributed by atoms with Gasteiger partial charge in [-0.1, -0.05) is 0 Å². The molecule has 0 unspecified atom stereocenters. The molecule has 2 aromatic rings. The van der Waals surface area contributed by atoms with E-state index in [-0.39, 0.29) is 0 Å². The molecule has 0 radical (unpaired) electrons. The van der Waals surface area contributed by atoms with Crippen molar-refractivity contribution >= 4 is 33.0 Å². The summed E-state index contributed by atoms with van der Waals surface area (Å²) in [5, 5.41) is 7.44. The third-order valence-electron chi connectivity index (χ3n) is 2.03. The van der Waals surface area contributed by atoms with Gasteiger partial charge in [-0.05, 0) is 35.0 Å². The molecular formula is C11H11BrN2S. The molecular weight excluding hydrogens is 272 g/mol. The van der Waals surface area contributed by atoms with Gasteiger partial charge in [-0.2, -0.15) is 11.3 Å². The number of nitrogens with one attached hydrogen (secondary N) is 1. The molecule has 0 aliphatic rings. The fourth-order valence-corrected chi connectivity index (χ4v) is 2.85. The number of hydrogen-bond donors (Lipinski definition) is 1. The molecule has 0 aliphatic carbocycles. The third kappa shape index (κ3) is 2.38. The van der Waals surface area contributed by atoms with Crippen LogP contribution in [0.5, 0.6) is 0 Å². The van der Waals surface area contributed by atoms with Crippen LogP contribution in [0.1, 0.15) is 6.92 Å². The van der Waals surface area contributed by atoms with E-state index >= 15 is 0 Å². The Labute approximate surface area is 101 Å². The maximum atomic E-state index is 4.36. The van der Waals surface area contributed by atoms with Crippen LogP contribution in [0, 0.1) is 0 Å². The fourth-order valence-electron chi connectivity index (χ4n) is 1.36. The molecule has 1 N–H and O–H groups in total. The standard InChI is InChI=1S/C11H11BrN2S/c1-2-13-8-3-4-14-11(5-8)9-6-15-7-10(9)12/h3-7H,2H2,1H3,(H,13,14). The average Bonchev–Trinajstić information content (AvgIpc) is 2.65. The highest BCUT2D eigenvalue weighted by Gasteiger charge is 2.05. The molecule has 4 heteroatoms. The lowest BCUT2D eigenvalue weighted by Crippen LogP contribution is -1.96. The highest BCUT2D eigenvalue weighted by atomic mass is 79.9. The lowest BCUT2D eigenvalue weighted by atomic mass is 10.2. The molecule has 0 aromatic carbocycles. The van der Waals surface area contributed by atoms with Gasteiger partial charge in [-0.25, -0.2) is 0 Å². The van der Waals surface area contributed by atoms with E-state index in [0.29, 0.717) is 0 Å². The van der Waals surface area contributed by atoms with Crippen molar-refractivity contribution in [3.63, 3.8) is 0 Å². The zero-order chi connectivity index (χ0) is 10.7. The minimum Gasteiger partial charge on any atom is -0.385 e. The molecule has 2 nitrogen and oxygen atoms in total. The molecule has 78 valence electrons. The highest BCUT2D eigenvalue weighted by Crippen LogP contribution is 2.31. The molecule has 0 aliphatic heterocycles. The Balaban J connectivity index is 2.37. The largest absolute Gasteiger partial charge is 0.385 e. The predicted octanol–water partition coefficient (Wildman–Crippen LogP) is 4.00. The van der Waals surface area contributed by atoms with E-state index in [1.807, 2.05) is 12.3 Å². The summed E-state index contributed by atoms with van der Waals surface area (Å²) >= 11 is 5.19. The number of nitrogens with zero attached hydrogens (tertiary/aromatic N) is 1. The number of rotatable bonds is 3. The number of thiophene rings is 1. The van der Waals surface area contributed by atoms with Crippen LogP contribution in [0.2, 0.25) is 0 Å². The van der Waals surface area contributed by atoms with Crippen molar-refractivity contribution in [3.8, 4) is 11.3 Å². The van der Waals surface area contributed by atoms with Gasteiger partial charge in [0.25, 0.3) is 0 Å². The fraction of sp³-hybridized carbons (Fsp3) is 0.182. The Morgan fingerprint density at radius 3 is 3.00 bits per heavy atom. The van der Waals surface area contributed by atoms with Crippen molar-refractivity contribution in [2.45, 2.75) is 6.92 Å². The van der Waals surface area contributed by atoms with E-state index in [1.54, 1.807) is 11.3 Å². The van der Waals surface area contributed by atoms with E-state index in [1.165, 1.54) is 0 Å². The summed E-state index contributed by atoms with van der Waals surface area (Å²) in [6, 6.07) is 4.05. The molecule has 0 saturated carbocycles. The lowest BCUT2D eigenvalue weighted by molar-refractivity contribution is 1.20. The summed E-state index contributed by atoms with van der Waals surface area (Å²) < 4.78 is 1.11. The van der Waals surface area contributed by atoms with Crippen LogP contribution >= 0.6 is 27.3 Å². The van der Waals surface area contributed by atoms with E-state index < -0.39 is 0 Å². The number of hydrogen-bond acceptors (Lipinski definition) is 3. The van der Waals surface area contributed by atoms with E-state index in [4.69, 9.17) is 0 Å². The van der Waals surface area contributed by atoms with Gasteiger partial charge in [0.05, 0.1) is 5.69 Å². The predicted molar refractivity (Wildman–Crippen MR) is 69.4 cm³/mol. The first-order valence-corrected chi connectivity index (χ1v) is 6.47. The summed E-state index contributed by atoms with van der Waals surface area (Å²) in [5.74, 6) is 0. The normalized spacial score (nSPS) is 10.3. The van der Waals surface area contributed by atoms with Crippen molar-refractivity contribution in [1.29, 1.82) is 0 Å². The van der Waals surface area contributed by atoms with Gasteiger partial charge in [0, 0.05) is 39.2 Å². The van der Waals surface area contributed by atoms with Gasteiger partial charge >= 0.3 is 0 Å². The van der Waals surface area contributed by atoms with Crippen LogP contribution in [-0.2, 0) is 0 Å². The second kappa shape index (κ2) is 4.77. The molecule has 2 aromatic heterocycles. The molecule has 2 heterocycles. The van der Waals surface area contributed by atoms with Crippen LogP contribution in [0.4, 0.5) is 5.69 Å². The highest BCUT2D eigenvalue weighted by molar-refractivity contribution is 9.10. The van der Waals surface area contributed by atoms with Gasteiger partial charge in [0.15, 0.2) is 0 Å². The SMILES string of the molecule is CCNc1ccnc(-c2cscc2Br)c1. The third-order valence-corrected chi connectivity index (χ3v) is 3.73. The van der Waals surface area contributed by atoms with Gasteiger partial charge in [-0.3, -0.25) is 4.98 Å². The molecule has 0 spiro atoms. The second-order valence-corrected chi connectivity index (χ2v) is 4.69. The van der Waals surface area contributed by atoms with Crippen molar-refractivity contribution in [1.82, 2.24) is 4.98 Å². The Hall–Kier alpha value is -0.870. The number of halogens is 1. The maximum Gasteiger partial charge on any atom is 0.0742 e. The van der Waals surface area contributed by atoms with Crippen molar-refractivity contribution in [2.24, 2.45) is 0 Å². The summed E-state index contributed by atoms with van der Waals surface area (Å²) in [7, 11) is 0. The smallest absolute Gasteiger partial charge is 0.0742 e. The quantitative estimate of drug-likeness (QED) is 0.920. The molecule has 15 heavy (non-hydrogen) atoms. The van der Waals surface area contributed by atoms with Crippen LogP contribution < -0.4 is 5.32 Å². The topological polar surface area (TPSA) is 24.9 Å². The first-order valence-electron chi connectivity index (χ1n) is 4.73. The zero-order valence-electron chi connectivity index (χ0n) is 8.33. The lowest BCUT2D eigenvalue weighted by Gasteiger charge is -2.04. The molecule has 0 amide bonds. The number of aromatic nitrogens is 1. The van der Waals surface area contributed by atoms with Crippen molar-refractivity contribution in [2.75, 3.05) is 11.9 Å². The molecule has 0 fully saturated rings. The van der Waals surface area contributed by atoms with Crippen LogP contribution in [0.25, 0.3) is 11.3 Å². The first kappa shape index (κ1) is 10.6.